The Labute approximate surface area is 112 Å². The van der Waals surface area contributed by atoms with E-state index in [4.69, 9.17) is 10.8 Å². The van der Waals surface area contributed by atoms with Crippen molar-refractivity contribution in [1.29, 1.82) is 0 Å². The van der Waals surface area contributed by atoms with E-state index in [0.717, 1.165) is 18.2 Å². The van der Waals surface area contributed by atoms with Gasteiger partial charge >= 0.3 is 0 Å². The van der Waals surface area contributed by atoms with E-state index in [-0.39, 0.29) is 29.1 Å². The molecule has 0 amide bonds. The lowest BCUT2D eigenvalue weighted by molar-refractivity contribution is 0.213. The molecule has 1 rings (SSSR count). The summed E-state index contributed by atoms with van der Waals surface area (Å²) in [5.74, 6) is -0.586. The number of hydrogen-bond acceptors (Lipinski definition) is 4. The summed E-state index contributed by atoms with van der Waals surface area (Å²) in [6.07, 6.45) is 0.467. The molecule has 4 N–H and O–H groups in total. The Morgan fingerprint density at radius 2 is 2.05 bits per heavy atom. The van der Waals surface area contributed by atoms with Gasteiger partial charge in [-0.15, -0.1) is 0 Å². The quantitative estimate of drug-likeness (QED) is 0.684. The minimum atomic E-state index is -3.78. The number of hydrogen-bond donors (Lipinski definition) is 3. The van der Waals surface area contributed by atoms with E-state index in [1.54, 1.807) is 0 Å². The lowest BCUT2D eigenvalue weighted by Crippen LogP contribution is -2.34. The summed E-state index contributed by atoms with van der Waals surface area (Å²) in [7, 11) is -3.78. The van der Waals surface area contributed by atoms with Crippen molar-refractivity contribution in [2.45, 2.75) is 25.2 Å². The Morgan fingerprint density at radius 1 is 1.42 bits per heavy atom. The Kier molecular flexibility index (Phi) is 4.89. The molecule has 0 bridgehead atoms. The average Bonchev–Trinajstić information content (AvgIpc) is 2.26. The van der Waals surface area contributed by atoms with Gasteiger partial charge in [-0.25, -0.2) is 17.5 Å². The van der Waals surface area contributed by atoms with Gasteiger partial charge in [0.15, 0.2) is 0 Å². The number of anilines is 1. The zero-order valence-electron chi connectivity index (χ0n) is 11.0. The van der Waals surface area contributed by atoms with E-state index in [2.05, 4.69) is 4.72 Å². The molecule has 0 fully saturated rings. The predicted octanol–water partition coefficient (Wildman–Crippen LogP) is 1.09. The molecule has 0 aliphatic carbocycles. The van der Waals surface area contributed by atoms with E-state index in [0.29, 0.717) is 6.42 Å². The van der Waals surface area contributed by atoms with Crippen molar-refractivity contribution in [3.8, 4) is 0 Å². The number of aliphatic hydroxyl groups is 1. The van der Waals surface area contributed by atoms with Crippen molar-refractivity contribution in [2.75, 3.05) is 18.9 Å². The summed E-state index contributed by atoms with van der Waals surface area (Å²) in [6, 6.07) is 3.14. The first-order valence-electron chi connectivity index (χ1n) is 5.83. The number of sulfonamides is 1. The molecule has 0 aliphatic rings. The zero-order valence-corrected chi connectivity index (χ0v) is 11.8. The van der Waals surface area contributed by atoms with Gasteiger partial charge in [-0.05, 0) is 30.0 Å². The van der Waals surface area contributed by atoms with Gasteiger partial charge in [-0.2, -0.15) is 0 Å². The Balaban J connectivity index is 2.87. The van der Waals surface area contributed by atoms with Crippen molar-refractivity contribution in [3.63, 3.8) is 0 Å². The van der Waals surface area contributed by atoms with Crippen LogP contribution in [0.15, 0.2) is 23.1 Å². The van der Waals surface area contributed by atoms with Crippen LogP contribution < -0.4 is 10.5 Å². The highest BCUT2D eigenvalue weighted by atomic mass is 32.2. The van der Waals surface area contributed by atoms with Gasteiger partial charge in [-0.3, -0.25) is 0 Å². The summed E-state index contributed by atoms with van der Waals surface area (Å²) < 4.78 is 39.4. The van der Waals surface area contributed by atoms with Crippen LogP contribution in [-0.2, 0) is 10.0 Å². The first-order chi connectivity index (χ1) is 8.68. The lowest BCUT2D eigenvalue weighted by atomic mass is 9.90. The number of benzene rings is 1. The molecule has 0 saturated carbocycles. The van der Waals surface area contributed by atoms with Crippen LogP contribution in [0.2, 0.25) is 0 Å². The molecule has 1 aromatic rings. The molecule has 7 heteroatoms. The molecule has 108 valence electrons. The number of halogens is 1. The highest BCUT2D eigenvalue weighted by Gasteiger charge is 2.23. The Morgan fingerprint density at radius 3 is 2.58 bits per heavy atom. The Hall–Kier alpha value is -1.18. The molecule has 0 atom stereocenters. The third-order valence-electron chi connectivity index (χ3n) is 2.79. The monoisotopic (exact) mass is 290 g/mol. The molecule has 0 spiro atoms. The van der Waals surface area contributed by atoms with Gasteiger partial charge in [0.25, 0.3) is 0 Å². The highest BCUT2D eigenvalue weighted by molar-refractivity contribution is 7.89. The number of rotatable bonds is 6. The van der Waals surface area contributed by atoms with Gasteiger partial charge in [0.05, 0.1) is 5.69 Å². The molecular weight excluding hydrogens is 271 g/mol. The molecule has 0 heterocycles. The topological polar surface area (TPSA) is 92.4 Å². The molecule has 0 saturated heterocycles. The first-order valence-corrected chi connectivity index (χ1v) is 7.32. The van der Waals surface area contributed by atoms with Crippen molar-refractivity contribution < 1.29 is 17.9 Å². The molecule has 5 nitrogen and oxygen atoms in total. The third kappa shape index (κ3) is 4.45. The van der Waals surface area contributed by atoms with Crippen LogP contribution in [0.5, 0.6) is 0 Å². The molecule has 0 aromatic heterocycles. The normalized spacial score (nSPS) is 12.6. The van der Waals surface area contributed by atoms with Crippen molar-refractivity contribution in [3.05, 3.63) is 24.0 Å². The predicted molar refractivity (Wildman–Crippen MR) is 71.5 cm³/mol. The second-order valence-corrected chi connectivity index (χ2v) is 6.88. The number of nitrogens with two attached hydrogens (primary N) is 1. The highest BCUT2D eigenvalue weighted by Crippen LogP contribution is 2.22. The van der Waals surface area contributed by atoms with Gasteiger partial charge < -0.3 is 10.8 Å². The fourth-order valence-electron chi connectivity index (χ4n) is 1.52. The zero-order chi connectivity index (χ0) is 14.7. The number of nitrogen functional groups attached to an aromatic ring is 1. The molecule has 0 aliphatic heterocycles. The summed E-state index contributed by atoms with van der Waals surface area (Å²) in [6.45, 7) is 3.81. The second kappa shape index (κ2) is 5.85. The summed E-state index contributed by atoms with van der Waals surface area (Å²) in [5.41, 5.74) is 5.00. The molecular formula is C12H19FN2O3S. The van der Waals surface area contributed by atoms with Crippen LogP contribution in [0, 0.1) is 11.2 Å². The molecule has 0 radical (unpaired) electrons. The largest absolute Gasteiger partial charge is 0.398 e. The molecule has 19 heavy (non-hydrogen) atoms. The fraction of sp³-hybridized carbons (Fsp3) is 0.500. The van der Waals surface area contributed by atoms with Gasteiger partial charge in [0.1, 0.15) is 10.7 Å². The second-order valence-electron chi connectivity index (χ2n) is 5.14. The van der Waals surface area contributed by atoms with Gasteiger partial charge in [-0.1, -0.05) is 13.8 Å². The van der Waals surface area contributed by atoms with Crippen molar-refractivity contribution in [1.82, 2.24) is 4.72 Å². The van der Waals surface area contributed by atoms with E-state index in [9.17, 15) is 12.8 Å². The minimum absolute atomic E-state index is 0.0204. The van der Waals surface area contributed by atoms with Crippen molar-refractivity contribution >= 4 is 15.7 Å². The van der Waals surface area contributed by atoms with E-state index in [1.807, 2.05) is 13.8 Å². The minimum Gasteiger partial charge on any atom is -0.398 e. The standard InChI is InChI=1S/C12H19FN2O3S/c1-12(2,5-6-16)8-15-19(17,18)11-4-3-9(13)7-10(11)14/h3-4,7,15-16H,5-6,8,14H2,1-2H3. The SMILES string of the molecule is CC(C)(CCO)CNS(=O)(=O)c1ccc(F)cc1N. The summed E-state index contributed by atoms with van der Waals surface area (Å²) in [4.78, 5) is -0.145. The number of aliphatic hydroxyl groups excluding tert-OH is 1. The van der Waals surface area contributed by atoms with Crippen LogP contribution in [0.25, 0.3) is 0 Å². The van der Waals surface area contributed by atoms with Gasteiger partial charge in [0, 0.05) is 13.2 Å². The smallest absolute Gasteiger partial charge is 0.242 e. The maximum absolute atomic E-state index is 12.9. The first kappa shape index (κ1) is 15.9. The fourth-order valence-corrected chi connectivity index (χ4v) is 2.88. The van der Waals surface area contributed by atoms with E-state index < -0.39 is 15.8 Å². The summed E-state index contributed by atoms with van der Waals surface area (Å²) >= 11 is 0. The third-order valence-corrected chi connectivity index (χ3v) is 4.27. The van der Waals surface area contributed by atoms with Gasteiger partial charge in [0.2, 0.25) is 10.0 Å². The van der Waals surface area contributed by atoms with E-state index >= 15 is 0 Å². The summed E-state index contributed by atoms with van der Waals surface area (Å²) in [5, 5.41) is 8.88. The van der Waals surface area contributed by atoms with Crippen LogP contribution in [-0.4, -0.2) is 26.7 Å². The van der Waals surface area contributed by atoms with Crippen LogP contribution in [0.1, 0.15) is 20.3 Å². The maximum atomic E-state index is 12.9. The van der Waals surface area contributed by atoms with Crippen LogP contribution in [0.4, 0.5) is 10.1 Å². The van der Waals surface area contributed by atoms with Crippen LogP contribution >= 0.6 is 0 Å². The van der Waals surface area contributed by atoms with E-state index in [1.165, 1.54) is 0 Å². The Bertz CT molecular complexity index is 544. The molecule has 1 aromatic carbocycles. The maximum Gasteiger partial charge on any atom is 0.242 e. The number of nitrogens with one attached hydrogen (secondary N) is 1. The lowest BCUT2D eigenvalue weighted by Gasteiger charge is -2.23. The van der Waals surface area contributed by atoms with Crippen molar-refractivity contribution in [2.24, 2.45) is 5.41 Å². The van der Waals surface area contributed by atoms with Crippen LogP contribution in [0.3, 0.4) is 0 Å². The molecule has 0 unspecified atom stereocenters. The average molecular weight is 290 g/mol.